The number of aryl methyl sites for hydroxylation is 1. The maximum absolute atomic E-state index is 13.0. The van der Waals surface area contributed by atoms with Gasteiger partial charge in [-0.1, -0.05) is 0 Å². The van der Waals surface area contributed by atoms with Crippen molar-refractivity contribution in [1.82, 2.24) is 20.6 Å². The summed E-state index contributed by atoms with van der Waals surface area (Å²) in [6, 6.07) is 8.62. The van der Waals surface area contributed by atoms with Gasteiger partial charge in [-0.25, -0.2) is 5.43 Å². The van der Waals surface area contributed by atoms with E-state index in [1.165, 1.54) is 25.0 Å². The molecule has 5 aliphatic rings. The highest BCUT2D eigenvalue weighted by Crippen LogP contribution is 2.65. The number of hydrogen-bond donors (Lipinski definition) is 4. The van der Waals surface area contributed by atoms with Crippen molar-refractivity contribution in [3.05, 3.63) is 35.5 Å². The Hall–Kier alpha value is -2.58. The number of hydrogen-bond acceptors (Lipinski definition) is 6. The molecule has 4 N–H and O–H groups in total. The molecule has 3 aliphatic carbocycles. The lowest BCUT2D eigenvalue weighted by Crippen LogP contribution is -2.39. The molecule has 8 heteroatoms. The van der Waals surface area contributed by atoms with E-state index in [1.54, 1.807) is 7.11 Å². The van der Waals surface area contributed by atoms with Crippen molar-refractivity contribution in [2.45, 2.75) is 62.1 Å². The summed E-state index contributed by atoms with van der Waals surface area (Å²) in [4.78, 5) is 13.0. The number of carbonyl (C=O) groups is 1. The standard InChI is InChI=1S/C25H32N6O2/c1-31-22(11-20(30-31)13-3-4-13)27-23-16-7-5-14(9-21(16)28-29-23)18-12-25(18)17-10-15(33-2)6-8-19(17)26-24(25)32/h6,8,10-11,13-14,16,18,21,23,27-29H,3-5,7,9,12H2,1-2H3,(H,26,32)/t14?,16?,18-,21?,23?,25-/m0/s1. The molecule has 2 aromatic rings. The number of hydrazine groups is 1. The third-order valence-corrected chi connectivity index (χ3v) is 8.94. The van der Waals surface area contributed by atoms with E-state index in [0.29, 0.717) is 29.7 Å². The molecule has 7 rings (SSSR count). The normalized spacial score (nSPS) is 36.4. The van der Waals surface area contributed by atoms with Crippen molar-refractivity contribution >= 4 is 17.4 Å². The minimum absolute atomic E-state index is 0.178. The second-order valence-electron chi connectivity index (χ2n) is 10.8. The van der Waals surface area contributed by atoms with Gasteiger partial charge in [0.2, 0.25) is 5.91 Å². The fraction of sp³-hybridized carbons (Fsp3) is 0.600. The number of anilines is 2. The van der Waals surface area contributed by atoms with Gasteiger partial charge in [0.25, 0.3) is 0 Å². The minimum atomic E-state index is -0.348. The fourth-order valence-electron chi connectivity index (χ4n) is 6.88. The molecule has 8 nitrogen and oxygen atoms in total. The summed E-state index contributed by atoms with van der Waals surface area (Å²) >= 11 is 0. The van der Waals surface area contributed by atoms with E-state index in [2.05, 4.69) is 33.6 Å². The molecule has 4 unspecified atom stereocenters. The summed E-state index contributed by atoms with van der Waals surface area (Å²) in [6.07, 6.45) is 7.11. The molecule has 1 saturated heterocycles. The SMILES string of the molecule is COc1ccc2c(c1)[C@]1(C[C@H]1C1CCC3C(C1)NNC3Nc1cc(C3CC3)nn1C)C(=O)N2. The van der Waals surface area contributed by atoms with E-state index in [0.717, 1.165) is 42.1 Å². The number of amides is 1. The van der Waals surface area contributed by atoms with Crippen LogP contribution in [0, 0.1) is 17.8 Å². The van der Waals surface area contributed by atoms with E-state index in [9.17, 15) is 4.79 Å². The molecule has 3 heterocycles. The van der Waals surface area contributed by atoms with E-state index in [1.807, 2.05) is 23.9 Å². The average Bonchev–Trinajstić information content (AvgIpc) is 3.71. The number of ether oxygens (including phenoxy) is 1. The van der Waals surface area contributed by atoms with E-state index >= 15 is 0 Å². The van der Waals surface area contributed by atoms with Crippen LogP contribution in [0.3, 0.4) is 0 Å². The highest BCUT2D eigenvalue weighted by molar-refractivity contribution is 6.09. The van der Waals surface area contributed by atoms with Gasteiger partial charge in [-0.15, -0.1) is 0 Å². The number of nitrogens with zero attached hydrogens (tertiary/aromatic N) is 2. The third-order valence-electron chi connectivity index (χ3n) is 8.94. The number of rotatable bonds is 5. The molecule has 1 aromatic carbocycles. The summed E-state index contributed by atoms with van der Waals surface area (Å²) in [5.41, 5.74) is 10.0. The van der Waals surface area contributed by atoms with Crippen LogP contribution in [0.4, 0.5) is 11.5 Å². The largest absolute Gasteiger partial charge is 0.497 e. The molecule has 1 aromatic heterocycles. The zero-order valence-corrected chi connectivity index (χ0v) is 19.2. The van der Waals surface area contributed by atoms with Gasteiger partial charge in [0.05, 0.1) is 24.4 Å². The first-order chi connectivity index (χ1) is 16.1. The lowest BCUT2D eigenvalue weighted by atomic mass is 9.74. The molecule has 0 bridgehead atoms. The Morgan fingerprint density at radius 2 is 2.06 bits per heavy atom. The van der Waals surface area contributed by atoms with Crippen molar-refractivity contribution in [2.75, 3.05) is 17.7 Å². The van der Waals surface area contributed by atoms with Crippen LogP contribution >= 0.6 is 0 Å². The maximum Gasteiger partial charge on any atom is 0.235 e. The molecule has 0 radical (unpaired) electrons. The van der Waals surface area contributed by atoms with Gasteiger partial charge < -0.3 is 15.4 Å². The van der Waals surface area contributed by atoms with Crippen molar-refractivity contribution in [1.29, 1.82) is 0 Å². The molecule has 3 saturated carbocycles. The lowest BCUT2D eigenvalue weighted by Gasteiger charge is -2.34. The highest BCUT2D eigenvalue weighted by atomic mass is 16.5. The zero-order valence-electron chi connectivity index (χ0n) is 19.2. The van der Waals surface area contributed by atoms with Gasteiger partial charge in [-0.05, 0) is 74.1 Å². The van der Waals surface area contributed by atoms with Crippen LogP contribution in [-0.2, 0) is 17.3 Å². The Bertz CT molecular complexity index is 1130. The average molecular weight is 449 g/mol. The van der Waals surface area contributed by atoms with Crippen LogP contribution in [0.2, 0.25) is 0 Å². The first-order valence-electron chi connectivity index (χ1n) is 12.4. The summed E-state index contributed by atoms with van der Waals surface area (Å²) in [5, 5.41) is 11.5. The van der Waals surface area contributed by atoms with Crippen molar-refractivity contribution in [3.8, 4) is 5.75 Å². The Kier molecular flexibility index (Phi) is 4.19. The van der Waals surface area contributed by atoms with Gasteiger partial charge in [0.1, 0.15) is 11.6 Å². The minimum Gasteiger partial charge on any atom is -0.497 e. The number of benzene rings is 1. The smallest absolute Gasteiger partial charge is 0.235 e. The molecule has 6 atom stereocenters. The molecule has 1 spiro atoms. The van der Waals surface area contributed by atoms with Gasteiger partial charge in [0, 0.05) is 36.7 Å². The van der Waals surface area contributed by atoms with Gasteiger partial charge in [-0.2, -0.15) is 5.10 Å². The number of nitrogens with one attached hydrogen (secondary N) is 4. The molecule has 33 heavy (non-hydrogen) atoms. The van der Waals surface area contributed by atoms with Gasteiger partial charge >= 0.3 is 0 Å². The number of fused-ring (bicyclic) bond motifs is 3. The Morgan fingerprint density at radius 3 is 2.88 bits per heavy atom. The van der Waals surface area contributed by atoms with Crippen molar-refractivity contribution in [2.24, 2.45) is 24.8 Å². The van der Waals surface area contributed by atoms with Crippen molar-refractivity contribution in [3.63, 3.8) is 0 Å². The molecule has 1 amide bonds. The second kappa shape index (κ2) is 6.96. The number of aromatic nitrogens is 2. The molecule has 174 valence electrons. The monoisotopic (exact) mass is 448 g/mol. The number of carbonyl (C=O) groups excluding carboxylic acids is 1. The van der Waals surface area contributed by atoms with Crippen LogP contribution < -0.4 is 26.2 Å². The van der Waals surface area contributed by atoms with Gasteiger partial charge in [-0.3, -0.25) is 14.9 Å². The van der Waals surface area contributed by atoms with Crippen LogP contribution in [0.5, 0.6) is 5.75 Å². The first-order valence-corrected chi connectivity index (χ1v) is 12.4. The quantitative estimate of drug-likeness (QED) is 0.562. The van der Waals surface area contributed by atoms with E-state index in [-0.39, 0.29) is 17.5 Å². The topological polar surface area (TPSA) is 92.2 Å². The predicted molar refractivity (Wildman–Crippen MR) is 125 cm³/mol. The zero-order chi connectivity index (χ0) is 22.3. The van der Waals surface area contributed by atoms with E-state index in [4.69, 9.17) is 9.84 Å². The predicted octanol–water partition coefficient (Wildman–Crippen LogP) is 2.85. The van der Waals surface area contributed by atoms with Crippen LogP contribution in [0.15, 0.2) is 24.3 Å². The molecule has 2 aliphatic heterocycles. The Balaban J connectivity index is 1.05. The van der Waals surface area contributed by atoms with Gasteiger partial charge in [0.15, 0.2) is 0 Å². The van der Waals surface area contributed by atoms with Crippen LogP contribution in [0.25, 0.3) is 0 Å². The summed E-state index contributed by atoms with van der Waals surface area (Å²) in [5.74, 6) is 4.26. The molecular weight excluding hydrogens is 416 g/mol. The first kappa shape index (κ1) is 19.9. The summed E-state index contributed by atoms with van der Waals surface area (Å²) < 4.78 is 7.43. The Morgan fingerprint density at radius 1 is 1.18 bits per heavy atom. The second-order valence-corrected chi connectivity index (χ2v) is 10.8. The summed E-state index contributed by atoms with van der Waals surface area (Å²) in [6.45, 7) is 0. The lowest BCUT2D eigenvalue weighted by molar-refractivity contribution is -0.118. The van der Waals surface area contributed by atoms with Crippen LogP contribution in [0.1, 0.15) is 55.7 Å². The Labute approximate surface area is 193 Å². The summed E-state index contributed by atoms with van der Waals surface area (Å²) in [7, 11) is 3.71. The van der Waals surface area contributed by atoms with Crippen LogP contribution in [-0.4, -0.2) is 35.0 Å². The number of methoxy groups -OCH3 is 1. The molecule has 4 fully saturated rings. The third kappa shape index (κ3) is 2.96. The van der Waals surface area contributed by atoms with E-state index < -0.39 is 0 Å². The molecular formula is C25H32N6O2. The van der Waals surface area contributed by atoms with Crippen molar-refractivity contribution < 1.29 is 9.53 Å². The fourth-order valence-corrected chi connectivity index (χ4v) is 6.88. The maximum atomic E-state index is 13.0. The highest BCUT2D eigenvalue weighted by Gasteiger charge is 2.67.